The maximum absolute atomic E-state index is 12.4. The lowest BCUT2D eigenvalue weighted by Crippen LogP contribution is -2.43. The van der Waals surface area contributed by atoms with Gasteiger partial charge in [-0.25, -0.2) is 0 Å². The number of likely N-dealkylation sites (N-methyl/N-ethyl adjacent to an activating group) is 1. The average molecular weight is 367 g/mol. The zero-order valence-electron chi connectivity index (χ0n) is 14.5. The summed E-state index contributed by atoms with van der Waals surface area (Å²) in [5, 5.41) is 5.05. The molecule has 0 saturated heterocycles. The van der Waals surface area contributed by atoms with Gasteiger partial charge in [-0.05, 0) is 23.8 Å². The molecule has 0 aliphatic carbocycles. The summed E-state index contributed by atoms with van der Waals surface area (Å²) in [5.74, 6) is -0.715. The second-order valence-electron chi connectivity index (χ2n) is 6.23. The van der Waals surface area contributed by atoms with E-state index in [4.69, 9.17) is 9.47 Å². The largest absolute Gasteiger partial charge is 0.454 e. The number of nitrogens with one attached hydrogen (secondary N) is 2. The van der Waals surface area contributed by atoms with Crippen molar-refractivity contribution in [3.63, 3.8) is 0 Å². The van der Waals surface area contributed by atoms with E-state index in [2.05, 4.69) is 10.6 Å². The third kappa shape index (κ3) is 3.05. The minimum absolute atomic E-state index is 0.151. The first-order valence-corrected chi connectivity index (χ1v) is 8.38. The Kier molecular flexibility index (Phi) is 4.15. The van der Waals surface area contributed by atoms with Crippen LogP contribution >= 0.6 is 0 Å². The van der Waals surface area contributed by atoms with Gasteiger partial charge in [0.05, 0.1) is 0 Å². The Morgan fingerprint density at radius 3 is 2.74 bits per heavy atom. The Hall–Kier alpha value is -3.55. The van der Waals surface area contributed by atoms with Crippen molar-refractivity contribution in [1.29, 1.82) is 0 Å². The number of hydrogen-bond acceptors (Lipinski definition) is 5. The third-order valence-electron chi connectivity index (χ3n) is 4.56. The maximum atomic E-state index is 12.4. The van der Waals surface area contributed by atoms with Crippen LogP contribution in [0.2, 0.25) is 0 Å². The van der Waals surface area contributed by atoms with Gasteiger partial charge < -0.3 is 25.0 Å². The zero-order chi connectivity index (χ0) is 19.0. The highest BCUT2D eigenvalue weighted by Gasteiger charge is 2.36. The lowest BCUT2D eigenvalue weighted by atomic mass is 10.1. The van der Waals surface area contributed by atoms with Crippen LogP contribution in [0.1, 0.15) is 17.2 Å². The molecule has 8 nitrogen and oxygen atoms in total. The van der Waals surface area contributed by atoms with E-state index in [9.17, 15) is 14.4 Å². The van der Waals surface area contributed by atoms with E-state index in [0.717, 1.165) is 5.56 Å². The average Bonchev–Trinajstić information content (AvgIpc) is 3.24. The molecule has 138 valence electrons. The molecule has 2 aliphatic rings. The summed E-state index contributed by atoms with van der Waals surface area (Å²) >= 11 is 0. The van der Waals surface area contributed by atoms with Crippen molar-refractivity contribution in [3.05, 3.63) is 53.6 Å². The van der Waals surface area contributed by atoms with Crippen molar-refractivity contribution in [3.8, 4) is 11.5 Å². The highest BCUT2D eigenvalue weighted by Crippen LogP contribution is 2.34. The number of benzene rings is 2. The molecule has 1 atom stereocenters. The highest BCUT2D eigenvalue weighted by molar-refractivity contribution is 6.35. The minimum Gasteiger partial charge on any atom is -0.454 e. The second-order valence-corrected chi connectivity index (χ2v) is 6.23. The zero-order valence-corrected chi connectivity index (χ0v) is 14.5. The number of carbonyl (C=O) groups excluding carboxylic acids is 3. The van der Waals surface area contributed by atoms with Gasteiger partial charge in [0.1, 0.15) is 6.04 Å². The number of ether oxygens (including phenoxy) is 2. The van der Waals surface area contributed by atoms with Gasteiger partial charge in [-0.2, -0.15) is 0 Å². The van der Waals surface area contributed by atoms with Crippen molar-refractivity contribution in [2.75, 3.05) is 18.7 Å². The summed E-state index contributed by atoms with van der Waals surface area (Å²) in [7, 11) is 1.63. The van der Waals surface area contributed by atoms with Crippen LogP contribution in [0.3, 0.4) is 0 Å². The van der Waals surface area contributed by atoms with Crippen LogP contribution in [0.15, 0.2) is 42.5 Å². The molecule has 0 saturated carbocycles. The first-order valence-electron chi connectivity index (χ1n) is 8.38. The number of rotatable bonds is 3. The van der Waals surface area contributed by atoms with Crippen LogP contribution in [0.5, 0.6) is 11.5 Å². The van der Waals surface area contributed by atoms with Crippen LogP contribution in [0.25, 0.3) is 0 Å². The summed E-state index contributed by atoms with van der Waals surface area (Å²) in [6, 6.07) is 11.5. The molecule has 2 N–H and O–H groups in total. The van der Waals surface area contributed by atoms with Crippen molar-refractivity contribution in [1.82, 2.24) is 10.6 Å². The molecule has 8 heteroatoms. The van der Waals surface area contributed by atoms with Crippen molar-refractivity contribution in [2.45, 2.75) is 12.6 Å². The van der Waals surface area contributed by atoms with E-state index in [1.165, 1.54) is 4.90 Å². The number of fused-ring (bicyclic) bond motifs is 2. The van der Waals surface area contributed by atoms with Crippen LogP contribution < -0.4 is 25.0 Å². The molecule has 2 aromatic carbocycles. The van der Waals surface area contributed by atoms with Gasteiger partial charge in [0, 0.05) is 24.8 Å². The molecule has 0 spiro atoms. The number of para-hydroxylation sites is 1. The smallest absolute Gasteiger partial charge is 0.310 e. The third-order valence-corrected chi connectivity index (χ3v) is 4.56. The fourth-order valence-electron chi connectivity index (χ4n) is 3.13. The molecule has 4 rings (SSSR count). The predicted molar refractivity (Wildman–Crippen MR) is 95.1 cm³/mol. The van der Waals surface area contributed by atoms with Crippen LogP contribution in [-0.4, -0.2) is 31.6 Å². The monoisotopic (exact) mass is 367 g/mol. The van der Waals surface area contributed by atoms with Gasteiger partial charge in [-0.15, -0.1) is 0 Å². The number of anilines is 1. The van der Waals surface area contributed by atoms with Gasteiger partial charge in [-0.3, -0.25) is 14.4 Å². The van der Waals surface area contributed by atoms with Crippen LogP contribution in [0.4, 0.5) is 5.69 Å². The van der Waals surface area contributed by atoms with Gasteiger partial charge in [0.25, 0.3) is 5.91 Å². The topological polar surface area (TPSA) is 97.0 Å². The standard InChI is InChI=1S/C19H17N3O5/c1-22-13-5-3-2-4-12(13)16(19(22)25)21-18(24)17(23)20-9-11-6-7-14-15(8-11)27-10-26-14/h2-8,16H,9-10H2,1H3,(H,20,23)(H,21,24)/t16-/m1/s1. The van der Waals surface area contributed by atoms with E-state index in [-0.39, 0.29) is 19.2 Å². The lowest BCUT2D eigenvalue weighted by Gasteiger charge is -2.13. The molecular formula is C19H17N3O5. The number of hydrogen-bond donors (Lipinski definition) is 2. The quantitative estimate of drug-likeness (QED) is 0.785. The molecule has 0 aromatic heterocycles. The van der Waals surface area contributed by atoms with Crippen molar-refractivity contribution in [2.24, 2.45) is 0 Å². The fourth-order valence-corrected chi connectivity index (χ4v) is 3.13. The van der Waals surface area contributed by atoms with E-state index in [0.29, 0.717) is 22.7 Å². The maximum Gasteiger partial charge on any atom is 0.310 e. The fraction of sp³-hybridized carbons (Fsp3) is 0.211. The van der Waals surface area contributed by atoms with Crippen LogP contribution in [0, 0.1) is 0 Å². The lowest BCUT2D eigenvalue weighted by molar-refractivity contribution is -0.140. The van der Waals surface area contributed by atoms with E-state index in [1.54, 1.807) is 43.4 Å². The molecule has 2 aromatic rings. The molecular weight excluding hydrogens is 350 g/mol. The minimum atomic E-state index is -0.866. The normalized spacial score (nSPS) is 16.9. The SMILES string of the molecule is CN1C(=O)[C@H](NC(=O)C(=O)NCc2ccc3c(c2)OCO3)c2ccccc21. The Balaban J connectivity index is 1.39. The molecule has 2 heterocycles. The van der Waals surface area contributed by atoms with Gasteiger partial charge in [0.2, 0.25) is 6.79 Å². The first kappa shape index (κ1) is 16.9. The van der Waals surface area contributed by atoms with Gasteiger partial charge >= 0.3 is 11.8 Å². The molecule has 0 radical (unpaired) electrons. The molecule has 0 fully saturated rings. The Labute approximate surface area is 155 Å². The molecule has 27 heavy (non-hydrogen) atoms. The van der Waals surface area contributed by atoms with E-state index in [1.807, 2.05) is 6.07 Å². The molecule has 3 amide bonds. The Bertz CT molecular complexity index is 943. The molecule has 2 aliphatic heterocycles. The van der Waals surface area contributed by atoms with Gasteiger partial charge in [-0.1, -0.05) is 24.3 Å². The van der Waals surface area contributed by atoms with Crippen molar-refractivity contribution < 1.29 is 23.9 Å². The first-order chi connectivity index (χ1) is 13.0. The number of nitrogens with zero attached hydrogens (tertiary/aromatic N) is 1. The summed E-state index contributed by atoms with van der Waals surface area (Å²) in [5.41, 5.74) is 2.15. The predicted octanol–water partition coefficient (Wildman–Crippen LogP) is 0.865. The highest BCUT2D eigenvalue weighted by atomic mass is 16.7. The van der Waals surface area contributed by atoms with Gasteiger partial charge in [0.15, 0.2) is 11.5 Å². The molecule has 0 bridgehead atoms. The summed E-state index contributed by atoms with van der Waals surface area (Å²) in [6.07, 6.45) is 0. The van der Waals surface area contributed by atoms with Crippen molar-refractivity contribution >= 4 is 23.4 Å². The summed E-state index contributed by atoms with van der Waals surface area (Å²) in [4.78, 5) is 38.2. The van der Waals surface area contributed by atoms with E-state index >= 15 is 0 Å². The summed E-state index contributed by atoms with van der Waals surface area (Å²) in [6.45, 7) is 0.316. The Morgan fingerprint density at radius 1 is 1.11 bits per heavy atom. The van der Waals surface area contributed by atoms with Crippen LogP contribution in [-0.2, 0) is 20.9 Å². The number of amides is 3. The Morgan fingerprint density at radius 2 is 1.89 bits per heavy atom. The molecule has 0 unspecified atom stereocenters. The number of carbonyl (C=O) groups is 3. The summed E-state index contributed by atoms with van der Waals surface area (Å²) < 4.78 is 10.5. The van der Waals surface area contributed by atoms with E-state index < -0.39 is 17.9 Å². The second kappa shape index (κ2) is 6.64.